The van der Waals surface area contributed by atoms with E-state index in [-0.39, 0.29) is 71.4 Å². The van der Waals surface area contributed by atoms with Crippen molar-refractivity contribution >= 4 is 57.6 Å². The first-order chi connectivity index (χ1) is 46.9. The van der Waals surface area contributed by atoms with Crippen molar-refractivity contribution in [3.63, 3.8) is 0 Å². The quantitative estimate of drug-likeness (QED) is 0.0795. The Hall–Kier alpha value is -7.94. The van der Waals surface area contributed by atoms with Gasteiger partial charge in [-0.1, -0.05) is 55.4 Å². The third kappa shape index (κ3) is 17.8. The minimum atomic E-state index is -0.910. The molecule has 6 heterocycles. The number of ether oxygens (including phenoxy) is 2. The van der Waals surface area contributed by atoms with Gasteiger partial charge in [-0.3, -0.25) is 24.1 Å². The van der Waals surface area contributed by atoms with Gasteiger partial charge in [0.2, 0.25) is 23.6 Å². The van der Waals surface area contributed by atoms with Gasteiger partial charge in [0, 0.05) is 74.1 Å². The zero-order chi connectivity index (χ0) is 73.1. The molecular weight excluding hydrogens is 1280 g/mol. The normalized spacial score (nSPS) is 18.7. The van der Waals surface area contributed by atoms with Crippen molar-refractivity contribution in [3.8, 4) is 22.5 Å². The molecule has 3 N–H and O–H groups in total. The van der Waals surface area contributed by atoms with Gasteiger partial charge in [0.1, 0.15) is 52.6 Å². The van der Waals surface area contributed by atoms with Crippen molar-refractivity contribution in [2.24, 2.45) is 16.7 Å². The Labute approximate surface area is 588 Å². The fraction of sp³-hybridized carbons (Fsp3) is 0.570. The molecule has 17 nitrogen and oxygen atoms in total. The number of nitrogens with zero attached hydrogens (tertiary/aromatic N) is 6. The van der Waals surface area contributed by atoms with Crippen LogP contribution in [0.15, 0.2) is 84.9 Å². The predicted molar refractivity (Wildman–Crippen MR) is 384 cm³/mol. The number of aromatic nitrogens is 2. The molecule has 10 rings (SSSR count). The highest BCUT2D eigenvalue weighted by Gasteiger charge is 2.44. The SMILES string of the molecule is CC[C@@H](C)C(=O)N[C@H](C(=O)N1CCC[C@H]1Cc1c(-c2ccc(F)cc2)n(C2CCNCC2)c2cc(F)ccc12)C(C)(C)C.C[C@@H](C(=O)N[C@H](C(=O)N1CCC[C@H]1Cc1c(-c2ccc(F)cc2)n(C2CCN(C(=O)OC(C)(C)C)CC2)c2cc(F)ccc12)C(C)(C)C)N(C)C(=O)OC(C)(C)C. The Morgan fingerprint density at radius 3 is 1.34 bits per heavy atom. The van der Waals surface area contributed by atoms with Gasteiger partial charge in [-0.2, -0.15) is 0 Å². The van der Waals surface area contributed by atoms with Crippen LogP contribution >= 0.6 is 0 Å². The van der Waals surface area contributed by atoms with Gasteiger partial charge in [-0.05, 0) is 250 Å². The summed E-state index contributed by atoms with van der Waals surface area (Å²) < 4.78 is 73.9. The van der Waals surface area contributed by atoms with Crippen LogP contribution in [0.25, 0.3) is 44.3 Å². The van der Waals surface area contributed by atoms with Crippen LogP contribution in [-0.4, -0.2) is 152 Å². The number of rotatable bonds is 16. The van der Waals surface area contributed by atoms with E-state index >= 15 is 4.39 Å². The highest BCUT2D eigenvalue weighted by molar-refractivity contribution is 5.95. The molecule has 0 bridgehead atoms. The summed E-state index contributed by atoms with van der Waals surface area (Å²) in [5.41, 5.74) is 4.44. The monoisotopic (exact) mass is 1390 g/mol. The fourth-order valence-corrected chi connectivity index (χ4v) is 14.6. The lowest BCUT2D eigenvalue weighted by atomic mass is 9.85. The zero-order valence-electron chi connectivity index (χ0n) is 61.7. The van der Waals surface area contributed by atoms with Crippen molar-refractivity contribution < 1.29 is 55.8 Å². The molecule has 544 valence electrons. The highest BCUT2D eigenvalue weighted by Crippen LogP contribution is 2.44. The van der Waals surface area contributed by atoms with Crippen LogP contribution in [0.2, 0.25) is 0 Å². The molecule has 4 aliphatic heterocycles. The first-order valence-electron chi connectivity index (χ1n) is 36.0. The Morgan fingerprint density at radius 1 is 0.540 bits per heavy atom. The van der Waals surface area contributed by atoms with E-state index < -0.39 is 58.0 Å². The smallest absolute Gasteiger partial charge is 0.410 e. The zero-order valence-corrected chi connectivity index (χ0v) is 61.7. The maximum absolute atomic E-state index is 15.2. The minimum Gasteiger partial charge on any atom is -0.444 e. The maximum Gasteiger partial charge on any atom is 0.410 e. The first-order valence-corrected chi connectivity index (χ1v) is 36.0. The molecule has 6 atom stereocenters. The van der Waals surface area contributed by atoms with Gasteiger partial charge >= 0.3 is 12.2 Å². The van der Waals surface area contributed by atoms with Crippen molar-refractivity contribution in [2.75, 3.05) is 46.3 Å². The van der Waals surface area contributed by atoms with Crippen LogP contribution in [0.5, 0.6) is 0 Å². The summed E-state index contributed by atoms with van der Waals surface area (Å²) in [6.07, 6.45) is 6.89. The van der Waals surface area contributed by atoms with Crippen LogP contribution in [0.4, 0.5) is 27.2 Å². The van der Waals surface area contributed by atoms with Crippen LogP contribution in [0.3, 0.4) is 0 Å². The molecule has 4 aromatic carbocycles. The van der Waals surface area contributed by atoms with E-state index in [4.69, 9.17) is 9.47 Å². The number of carbonyl (C=O) groups excluding carboxylic acids is 6. The molecule has 6 amide bonds. The molecule has 100 heavy (non-hydrogen) atoms. The standard InChI is InChI=1S/C44H61F2N5O6.C35H46F2N4O2/c1-27(48(11)40(54)56-43(5,6)7)38(52)47-37(42(2,3)4)39(53)50-22-12-13-32(50)26-34-33-19-18-30(46)25-35(33)51(36(34)28-14-16-29(45)17-15-28)31-20-23-49(24-21-31)41(55)57-44(8,9)10;1-6-22(2)33(42)39-32(35(3,4)5)34(43)40-19-7-8-27(40)21-29-28-14-13-25(37)20-30(28)41(26-15-17-38-18-16-26)31(29)23-9-11-24(36)12-10-23/h14-19,25,27,31-32,37H,12-13,20-24,26H2,1-11H3,(H,47,52);9-14,20,22,26-27,32,38H,6-8,15-19,21H2,1-5H3,(H,39,42)/t27-,32-,37+;22-,27+,32-/m01/s1. The van der Waals surface area contributed by atoms with Crippen LogP contribution < -0.4 is 16.0 Å². The van der Waals surface area contributed by atoms with Gasteiger partial charge < -0.3 is 49.3 Å². The molecule has 2 aromatic heterocycles. The maximum atomic E-state index is 15.2. The van der Waals surface area contributed by atoms with Gasteiger partial charge in [0.05, 0.1) is 22.4 Å². The number of nitrogens with one attached hydrogen (secondary N) is 3. The van der Waals surface area contributed by atoms with Crippen LogP contribution in [0, 0.1) is 40.0 Å². The van der Waals surface area contributed by atoms with E-state index in [9.17, 15) is 41.9 Å². The van der Waals surface area contributed by atoms with Gasteiger partial charge in [0.15, 0.2) is 0 Å². The van der Waals surface area contributed by atoms with E-state index in [2.05, 4.69) is 25.1 Å². The number of hydrogen-bond acceptors (Lipinski definition) is 9. The van der Waals surface area contributed by atoms with Crippen molar-refractivity contribution in [1.29, 1.82) is 0 Å². The van der Waals surface area contributed by atoms with Crippen molar-refractivity contribution in [2.45, 2.75) is 228 Å². The second-order valence-corrected chi connectivity index (χ2v) is 32.2. The molecule has 4 saturated heterocycles. The summed E-state index contributed by atoms with van der Waals surface area (Å²) >= 11 is 0. The molecular formula is C79H107F4N9O8. The number of likely N-dealkylation sites (N-methyl/N-ethyl adjacent to an activating group) is 1. The first kappa shape index (κ1) is 76.2. The number of fused-ring (bicyclic) bond motifs is 2. The van der Waals surface area contributed by atoms with E-state index in [1.807, 2.05) is 92.0 Å². The lowest BCUT2D eigenvalue weighted by molar-refractivity contribution is -0.141. The summed E-state index contributed by atoms with van der Waals surface area (Å²) in [6, 6.07) is 19.9. The van der Waals surface area contributed by atoms with E-state index in [0.717, 1.165) is 95.1 Å². The number of amides is 6. The number of hydrogen-bond donors (Lipinski definition) is 3. The molecule has 0 saturated carbocycles. The van der Waals surface area contributed by atoms with E-state index in [1.165, 1.54) is 54.4 Å². The van der Waals surface area contributed by atoms with Crippen LogP contribution in [-0.2, 0) is 41.5 Å². The lowest BCUT2D eigenvalue weighted by Gasteiger charge is -2.37. The molecule has 4 aliphatic rings. The summed E-state index contributed by atoms with van der Waals surface area (Å²) in [5.74, 6) is -2.40. The molecule has 21 heteroatoms. The lowest BCUT2D eigenvalue weighted by Crippen LogP contribution is -2.59. The summed E-state index contributed by atoms with van der Waals surface area (Å²) in [4.78, 5) is 87.9. The second kappa shape index (κ2) is 31.1. The fourth-order valence-electron chi connectivity index (χ4n) is 14.6. The Balaban J connectivity index is 0.000000242. The van der Waals surface area contributed by atoms with Crippen molar-refractivity contribution in [1.82, 2.24) is 44.7 Å². The highest BCUT2D eigenvalue weighted by atomic mass is 19.1. The number of likely N-dealkylation sites (tertiary alicyclic amines) is 3. The Kier molecular flexibility index (Phi) is 23.7. The third-order valence-corrected chi connectivity index (χ3v) is 20.2. The Bertz CT molecular complexity index is 3900. The average Bonchev–Trinajstić information content (AvgIpc) is 1.59. The largest absolute Gasteiger partial charge is 0.444 e. The average molecular weight is 1390 g/mol. The van der Waals surface area contributed by atoms with Crippen molar-refractivity contribution in [3.05, 3.63) is 119 Å². The molecule has 6 aromatic rings. The number of halogens is 4. The molecule has 0 unspecified atom stereocenters. The summed E-state index contributed by atoms with van der Waals surface area (Å²) in [6.45, 7) is 31.6. The molecule has 0 radical (unpaired) electrons. The number of piperidine rings is 2. The number of benzene rings is 4. The van der Waals surface area contributed by atoms with E-state index in [1.54, 1.807) is 69.0 Å². The minimum absolute atomic E-state index is 0.0527. The molecule has 4 fully saturated rings. The second-order valence-electron chi connectivity index (χ2n) is 32.2. The Morgan fingerprint density at radius 2 is 0.940 bits per heavy atom. The topological polar surface area (TPSA) is 180 Å². The third-order valence-electron chi connectivity index (χ3n) is 20.2. The van der Waals surface area contributed by atoms with Gasteiger partial charge in [-0.25, -0.2) is 27.2 Å². The molecule has 0 spiro atoms. The molecule has 0 aliphatic carbocycles. The predicted octanol–water partition coefficient (Wildman–Crippen LogP) is 15.1. The van der Waals surface area contributed by atoms with Crippen LogP contribution in [0.1, 0.15) is 185 Å². The van der Waals surface area contributed by atoms with Gasteiger partial charge in [0.25, 0.3) is 0 Å². The summed E-state index contributed by atoms with van der Waals surface area (Å²) in [5, 5.41) is 11.3. The number of carbonyl (C=O) groups is 6. The summed E-state index contributed by atoms with van der Waals surface area (Å²) in [7, 11) is 1.49. The van der Waals surface area contributed by atoms with Gasteiger partial charge in [-0.15, -0.1) is 0 Å². The van der Waals surface area contributed by atoms with E-state index in [0.29, 0.717) is 70.2 Å².